The number of allylic oxidation sites excluding steroid dienone is 2. The van der Waals surface area contributed by atoms with E-state index >= 15 is 0 Å². The van der Waals surface area contributed by atoms with Gasteiger partial charge < -0.3 is 48.5 Å². The molecule has 0 aliphatic heterocycles. The van der Waals surface area contributed by atoms with Gasteiger partial charge in [0.15, 0.2) is 0 Å². The SMILES string of the molecule is CCN(CCOCc1cn(CCOCCOCCOCC(=O)O)nn1)c1ccc(C2=C(O)C(c3ccc(N(CC)CCn4cc(C[N+](C)(C)CCCS(=O)(=O)O)nn4)cc3)=C2O)cc1. The average Bonchev–Trinajstić information content (AvgIpc) is 3.90. The lowest BCUT2D eigenvalue weighted by atomic mass is 9.84. The van der Waals surface area contributed by atoms with E-state index in [2.05, 4.69) is 44.3 Å². The van der Waals surface area contributed by atoms with Gasteiger partial charge in [0.05, 0.1) is 109 Å². The van der Waals surface area contributed by atoms with Crippen LogP contribution in [-0.4, -0.2) is 168 Å². The second kappa shape index (κ2) is 24.0. The third-order valence-electron chi connectivity index (χ3n) is 10.5. The Labute approximate surface area is 374 Å². The number of aliphatic carboxylic acids is 1. The van der Waals surface area contributed by atoms with Crippen molar-refractivity contribution in [2.45, 2.75) is 46.5 Å². The summed E-state index contributed by atoms with van der Waals surface area (Å²) in [4.78, 5) is 14.8. The molecule has 0 unspecified atom stereocenters. The minimum Gasteiger partial charge on any atom is -0.506 e. The average molecular weight is 913 g/mol. The molecule has 1 aliphatic carbocycles. The standard InChI is InChI=1S/C43H61N9O11S/c1-5-48(16-17-50-28-35(44-46-50)30-52(3,4)20-7-27-64(57,58)59)37-12-8-33(9-13-37)40-42(55)41(43(40)56)34-10-14-38(15-11-34)49(6-2)18-21-62-31-36-29-51(47-45-36)19-22-60-23-24-61-25-26-63-32-39(53)54/h8-15,28-29H,5-7,16-27,30-32H2,1-4H3,(H3-,53,54,55,56,57,58,59)/p+1. The van der Waals surface area contributed by atoms with Gasteiger partial charge in [0.2, 0.25) is 0 Å². The second-order valence-electron chi connectivity index (χ2n) is 15.8. The lowest BCUT2D eigenvalue weighted by Gasteiger charge is -2.28. The smallest absolute Gasteiger partial charge is 0.329 e. The molecule has 1 aliphatic rings. The van der Waals surface area contributed by atoms with Gasteiger partial charge in [0.25, 0.3) is 10.1 Å². The Morgan fingerprint density at radius 2 is 1.22 bits per heavy atom. The molecule has 21 heteroatoms. The highest BCUT2D eigenvalue weighted by atomic mass is 32.2. The van der Waals surface area contributed by atoms with Gasteiger partial charge in [-0.15, -0.1) is 10.2 Å². The number of carboxylic acid groups (broad SMARTS) is 1. The van der Waals surface area contributed by atoms with Crippen LogP contribution in [0.3, 0.4) is 0 Å². The van der Waals surface area contributed by atoms with E-state index in [4.69, 9.17) is 28.6 Å². The largest absolute Gasteiger partial charge is 0.506 e. The summed E-state index contributed by atoms with van der Waals surface area (Å²) in [6.45, 7) is 11.4. The van der Waals surface area contributed by atoms with Gasteiger partial charge in [-0.2, -0.15) is 8.42 Å². The Bertz CT molecular complexity index is 2260. The van der Waals surface area contributed by atoms with Gasteiger partial charge in [-0.05, 0) is 49.2 Å². The minimum absolute atomic E-state index is 0.0431. The van der Waals surface area contributed by atoms with E-state index in [1.54, 1.807) is 9.36 Å². The van der Waals surface area contributed by atoms with E-state index in [0.29, 0.717) is 118 Å². The molecule has 0 spiro atoms. The van der Waals surface area contributed by atoms with E-state index in [0.717, 1.165) is 30.2 Å². The molecule has 0 radical (unpaired) electrons. The zero-order chi connectivity index (χ0) is 46.1. The van der Waals surface area contributed by atoms with Crippen LogP contribution in [0.4, 0.5) is 11.4 Å². The number of anilines is 2. The van der Waals surface area contributed by atoms with E-state index in [1.165, 1.54) is 0 Å². The van der Waals surface area contributed by atoms with Crippen molar-refractivity contribution in [1.82, 2.24) is 30.0 Å². The summed E-state index contributed by atoms with van der Waals surface area (Å²) >= 11 is 0. The lowest BCUT2D eigenvalue weighted by Crippen LogP contribution is -2.40. The lowest BCUT2D eigenvalue weighted by molar-refractivity contribution is -0.903. The topological polar surface area (TPSA) is 237 Å². The Hall–Kier alpha value is -5.42. The molecule has 2 aromatic carbocycles. The summed E-state index contributed by atoms with van der Waals surface area (Å²) in [5.74, 6) is -1.20. The quantitative estimate of drug-likeness (QED) is 0.0320. The highest BCUT2D eigenvalue weighted by molar-refractivity contribution is 7.85. The van der Waals surface area contributed by atoms with Crippen molar-refractivity contribution in [2.75, 3.05) is 109 Å². The number of quaternary nitrogens is 1. The molecule has 0 fully saturated rings. The Morgan fingerprint density at radius 3 is 1.78 bits per heavy atom. The summed E-state index contributed by atoms with van der Waals surface area (Å²) in [6, 6.07) is 15.4. The van der Waals surface area contributed by atoms with Crippen LogP contribution in [0.1, 0.15) is 42.8 Å². The molecule has 4 N–H and O–H groups in total. The Balaban J connectivity index is 1.02. The van der Waals surface area contributed by atoms with Gasteiger partial charge >= 0.3 is 5.97 Å². The molecule has 5 rings (SSSR count). The van der Waals surface area contributed by atoms with Gasteiger partial charge in [-0.25, -0.2) is 9.48 Å². The van der Waals surface area contributed by atoms with Crippen molar-refractivity contribution in [3.63, 3.8) is 0 Å². The molecule has 2 aromatic heterocycles. The number of carbonyl (C=O) groups is 1. The maximum absolute atomic E-state index is 11.1. The summed E-state index contributed by atoms with van der Waals surface area (Å²) < 4.78 is 56.9. The fourth-order valence-electron chi connectivity index (χ4n) is 7.13. The first-order valence-electron chi connectivity index (χ1n) is 21.3. The van der Waals surface area contributed by atoms with Crippen molar-refractivity contribution < 1.29 is 56.5 Å². The molecule has 2 heterocycles. The molecular weight excluding hydrogens is 851 g/mol. The molecule has 64 heavy (non-hydrogen) atoms. The Morgan fingerprint density at radius 1 is 0.703 bits per heavy atom. The van der Waals surface area contributed by atoms with E-state index in [1.807, 2.05) is 75.0 Å². The van der Waals surface area contributed by atoms with Gasteiger partial charge in [-0.3, -0.25) is 9.23 Å². The van der Waals surface area contributed by atoms with Gasteiger partial charge in [0, 0.05) is 44.0 Å². The van der Waals surface area contributed by atoms with E-state index < -0.39 is 16.1 Å². The fraction of sp³-hybridized carbons (Fsp3) is 0.512. The van der Waals surface area contributed by atoms with Crippen LogP contribution in [0.2, 0.25) is 0 Å². The second-order valence-corrected chi connectivity index (χ2v) is 17.4. The van der Waals surface area contributed by atoms with Crippen molar-refractivity contribution in [3.8, 4) is 0 Å². The number of rotatable bonds is 31. The van der Waals surface area contributed by atoms with Crippen molar-refractivity contribution >= 4 is 38.6 Å². The minimum atomic E-state index is -3.99. The molecule has 4 aromatic rings. The number of benzene rings is 2. The number of ether oxygens (including phenoxy) is 4. The van der Waals surface area contributed by atoms with E-state index in [-0.39, 0.29) is 30.5 Å². The number of likely N-dealkylation sites (N-methyl/N-ethyl adjacent to an activating group) is 2. The summed E-state index contributed by atoms with van der Waals surface area (Å²) in [5.41, 5.74) is 5.70. The molecular formula is C43H62N9O11S+. The van der Waals surface area contributed by atoms with Crippen LogP contribution >= 0.6 is 0 Å². The van der Waals surface area contributed by atoms with Gasteiger partial charge in [0.1, 0.15) is 36.1 Å². The van der Waals surface area contributed by atoms with Crippen molar-refractivity contribution in [2.24, 2.45) is 0 Å². The number of hydrogen-bond donors (Lipinski definition) is 4. The molecule has 0 saturated heterocycles. The maximum atomic E-state index is 11.1. The van der Waals surface area contributed by atoms with E-state index in [9.17, 15) is 23.4 Å². The molecule has 0 bridgehead atoms. The van der Waals surface area contributed by atoms with Gasteiger partial charge in [-0.1, -0.05) is 34.7 Å². The summed E-state index contributed by atoms with van der Waals surface area (Å²) in [5, 5.41) is 47.7. The summed E-state index contributed by atoms with van der Waals surface area (Å²) in [7, 11) is -0.0200. The third-order valence-corrected chi connectivity index (χ3v) is 11.3. The first kappa shape index (κ1) is 49.6. The van der Waals surface area contributed by atoms with Crippen LogP contribution in [0.5, 0.6) is 0 Å². The number of aliphatic hydroxyl groups is 2. The normalized spacial score (nSPS) is 13.1. The number of nitrogens with zero attached hydrogens (tertiary/aromatic N) is 9. The number of hydrogen-bond acceptors (Lipinski definition) is 15. The predicted molar refractivity (Wildman–Crippen MR) is 239 cm³/mol. The highest BCUT2D eigenvalue weighted by Gasteiger charge is 2.31. The number of aromatic nitrogens is 6. The molecule has 0 amide bonds. The van der Waals surface area contributed by atoms with Crippen LogP contribution in [0, 0.1) is 0 Å². The summed E-state index contributed by atoms with van der Waals surface area (Å²) in [6.07, 6.45) is 4.06. The maximum Gasteiger partial charge on any atom is 0.329 e. The van der Waals surface area contributed by atoms with Crippen molar-refractivity contribution in [1.29, 1.82) is 0 Å². The first-order valence-corrected chi connectivity index (χ1v) is 22.9. The zero-order valence-corrected chi connectivity index (χ0v) is 37.9. The van der Waals surface area contributed by atoms with Crippen LogP contribution in [-0.2, 0) is 60.1 Å². The number of aliphatic hydroxyl groups excluding tert-OH is 2. The molecule has 350 valence electrons. The molecule has 20 nitrogen and oxygen atoms in total. The van der Waals surface area contributed by atoms with Crippen LogP contribution < -0.4 is 9.80 Å². The first-order chi connectivity index (χ1) is 30.7. The highest BCUT2D eigenvalue weighted by Crippen LogP contribution is 2.45. The third kappa shape index (κ3) is 15.4. The zero-order valence-electron chi connectivity index (χ0n) is 37.1. The molecule has 0 atom stereocenters. The van der Waals surface area contributed by atoms with Crippen molar-refractivity contribution in [3.05, 3.63) is 95.0 Å². The van der Waals surface area contributed by atoms with Crippen LogP contribution in [0.25, 0.3) is 11.1 Å². The predicted octanol–water partition coefficient (Wildman–Crippen LogP) is 3.68. The monoisotopic (exact) mass is 912 g/mol. The fourth-order valence-corrected chi connectivity index (χ4v) is 7.63. The molecule has 0 saturated carbocycles. The van der Waals surface area contributed by atoms with Crippen LogP contribution in [0.15, 0.2) is 72.4 Å². The number of carboxylic acids is 1. The Kier molecular flexibility index (Phi) is 18.6.